The standard InChI is InChI=1S/C16H19F2N3S.HI/c1-11(14-7-4-10-22-14)21-16(19-2)20-9-8-12-5-3-6-13(17)15(12)18;/h3-7,10-11H,8-9H2,1-2H3,(H2,19,20,21);1H. The zero-order valence-electron chi connectivity index (χ0n) is 13.0. The van der Waals surface area contributed by atoms with Crippen LogP contribution in [0.5, 0.6) is 0 Å². The van der Waals surface area contributed by atoms with Crippen molar-refractivity contribution < 1.29 is 8.78 Å². The molecule has 0 aliphatic heterocycles. The lowest BCUT2D eigenvalue weighted by molar-refractivity contribution is 0.498. The van der Waals surface area contributed by atoms with Gasteiger partial charge in [-0.15, -0.1) is 35.3 Å². The highest BCUT2D eigenvalue weighted by molar-refractivity contribution is 14.0. The Kier molecular flexibility index (Phi) is 8.46. The van der Waals surface area contributed by atoms with E-state index in [2.05, 4.69) is 21.7 Å². The topological polar surface area (TPSA) is 36.4 Å². The summed E-state index contributed by atoms with van der Waals surface area (Å²) in [5.74, 6) is -0.955. The molecule has 1 heterocycles. The third-order valence-electron chi connectivity index (χ3n) is 3.27. The molecular formula is C16H20F2IN3S. The molecule has 0 saturated carbocycles. The largest absolute Gasteiger partial charge is 0.356 e. The van der Waals surface area contributed by atoms with Gasteiger partial charge in [-0.1, -0.05) is 18.2 Å². The van der Waals surface area contributed by atoms with Crippen LogP contribution in [0.2, 0.25) is 0 Å². The molecule has 0 radical (unpaired) electrons. The van der Waals surface area contributed by atoms with Crippen LogP contribution in [0.4, 0.5) is 8.78 Å². The fourth-order valence-electron chi connectivity index (χ4n) is 2.07. The summed E-state index contributed by atoms with van der Waals surface area (Å²) in [4.78, 5) is 5.35. The first-order valence-corrected chi connectivity index (χ1v) is 7.93. The summed E-state index contributed by atoms with van der Waals surface area (Å²) < 4.78 is 26.7. The molecule has 7 heteroatoms. The molecule has 126 valence electrons. The second-order valence-electron chi connectivity index (χ2n) is 4.84. The molecule has 0 saturated heterocycles. The smallest absolute Gasteiger partial charge is 0.191 e. The summed E-state index contributed by atoms with van der Waals surface area (Å²) in [6.07, 6.45) is 0.387. The Morgan fingerprint density at radius 1 is 1.26 bits per heavy atom. The van der Waals surface area contributed by atoms with E-state index >= 15 is 0 Å². The fourth-order valence-corrected chi connectivity index (χ4v) is 2.80. The SMILES string of the molecule is CN=C(NCCc1cccc(F)c1F)NC(C)c1cccs1.I. The molecule has 1 atom stereocenters. The van der Waals surface area contributed by atoms with E-state index < -0.39 is 11.6 Å². The van der Waals surface area contributed by atoms with Crippen LogP contribution in [0.1, 0.15) is 23.4 Å². The van der Waals surface area contributed by atoms with E-state index in [-0.39, 0.29) is 30.0 Å². The van der Waals surface area contributed by atoms with Crippen molar-refractivity contribution in [1.82, 2.24) is 10.6 Å². The number of nitrogens with one attached hydrogen (secondary N) is 2. The van der Waals surface area contributed by atoms with Gasteiger partial charge in [-0.2, -0.15) is 0 Å². The van der Waals surface area contributed by atoms with Crippen LogP contribution in [0, 0.1) is 11.6 Å². The minimum absolute atomic E-state index is 0. The third-order valence-corrected chi connectivity index (χ3v) is 4.32. The van der Waals surface area contributed by atoms with Crippen LogP contribution in [0.25, 0.3) is 0 Å². The first-order valence-electron chi connectivity index (χ1n) is 7.05. The van der Waals surface area contributed by atoms with Crippen LogP contribution >= 0.6 is 35.3 Å². The Morgan fingerprint density at radius 3 is 2.70 bits per heavy atom. The molecule has 3 nitrogen and oxygen atoms in total. The molecule has 0 aliphatic carbocycles. The highest BCUT2D eigenvalue weighted by atomic mass is 127. The van der Waals surface area contributed by atoms with E-state index in [1.54, 1.807) is 24.5 Å². The van der Waals surface area contributed by atoms with Crippen molar-refractivity contribution in [3.05, 3.63) is 57.8 Å². The molecule has 2 N–H and O–H groups in total. The van der Waals surface area contributed by atoms with Gasteiger partial charge in [0.15, 0.2) is 17.6 Å². The van der Waals surface area contributed by atoms with Crippen molar-refractivity contribution in [2.75, 3.05) is 13.6 Å². The van der Waals surface area contributed by atoms with Gasteiger partial charge in [0.1, 0.15) is 0 Å². The normalized spacial score (nSPS) is 12.4. The summed E-state index contributed by atoms with van der Waals surface area (Å²) in [5.41, 5.74) is 0.356. The van der Waals surface area contributed by atoms with Crippen molar-refractivity contribution in [2.45, 2.75) is 19.4 Å². The van der Waals surface area contributed by atoms with Crippen molar-refractivity contribution >= 4 is 41.3 Å². The number of hydrogen-bond acceptors (Lipinski definition) is 2. The number of rotatable bonds is 5. The van der Waals surface area contributed by atoms with Crippen molar-refractivity contribution in [3.63, 3.8) is 0 Å². The van der Waals surface area contributed by atoms with Crippen LogP contribution in [-0.4, -0.2) is 19.6 Å². The molecule has 0 amide bonds. The maximum absolute atomic E-state index is 13.6. The lowest BCUT2D eigenvalue weighted by atomic mass is 10.1. The number of thiophene rings is 1. The van der Waals surface area contributed by atoms with Crippen molar-refractivity contribution in [2.24, 2.45) is 4.99 Å². The molecule has 0 aliphatic rings. The van der Waals surface area contributed by atoms with Gasteiger partial charge in [0.05, 0.1) is 6.04 Å². The number of halogens is 3. The lowest BCUT2D eigenvalue weighted by Crippen LogP contribution is -2.39. The first-order chi connectivity index (χ1) is 10.6. The molecule has 0 bridgehead atoms. The lowest BCUT2D eigenvalue weighted by Gasteiger charge is -2.17. The van der Waals surface area contributed by atoms with Crippen LogP contribution < -0.4 is 10.6 Å². The van der Waals surface area contributed by atoms with Gasteiger partial charge >= 0.3 is 0 Å². The Balaban J connectivity index is 0.00000264. The van der Waals surface area contributed by atoms with E-state index in [9.17, 15) is 8.78 Å². The maximum atomic E-state index is 13.6. The van der Waals surface area contributed by atoms with Crippen molar-refractivity contribution in [3.8, 4) is 0 Å². The quantitative estimate of drug-likeness (QED) is 0.408. The van der Waals surface area contributed by atoms with Gasteiger partial charge in [0, 0.05) is 18.5 Å². The van der Waals surface area contributed by atoms with Crippen LogP contribution in [0.15, 0.2) is 40.7 Å². The minimum atomic E-state index is -0.814. The summed E-state index contributed by atoms with van der Waals surface area (Å²) >= 11 is 1.67. The summed E-state index contributed by atoms with van der Waals surface area (Å²) in [5, 5.41) is 8.40. The van der Waals surface area contributed by atoms with Crippen LogP contribution in [0.3, 0.4) is 0 Å². The van der Waals surface area contributed by atoms with Gasteiger partial charge in [-0.05, 0) is 36.4 Å². The Bertz CT molecular complexity index is 632. The average Bonchev–Trinajstić information content (AvgIpc) is 3.04. The number of benzene rings is 1. The van der Waals surface area contributed by atoms with Gasteiger partial charge in [-0.25, -0.2) is 8.78 Å². The van der Waals surface area contributed by atoms with Gasteiger partial charge in [0.25, 0.3) is 0 Å². The summed E-state index contributed by atoms with van der Waals surface area (Å²) in [6.45, 7) is 2.52. The second kappa shape index (κ2) is 9.82. The van der Waals surface area contributed by atoms with E-state index in [4.69, 9.17) is 0 Å². The number of nitrogens with zero attached hydrogens (tertiary/aromatic N) is 1. The Morgan fingerprint density at radius 2 is 2.04 bits per heavy atom. The van der Waals surface area contributed by atoms with Gasteiger partial charge in [0.2, 0.25) is 0 Å². The zero-order chi connectivity index (χ0) is 15.9. The first kappa shape index (κ1) is 19.8. The molecule has 1 aromatic heterocycles. The van der Waals surface area contributed by atoms with Crippen molar-refractivity contribution in [1.29, 1.82) is 0 Å². The van der Waals surface area contributed by atoms with Gasteiger partial charge in [-0.3, -0.25) is 4.99 Å². The average molecular weight is 451 g/mol. The van der Waals surface area contributed by atoms with E-state index in [0.29, 0.717) is 24.5 Å². The van der Waals surface area contributed by atoms with E-state index in [1.807, 2.05) is 18.4 Å². The highest BCUT2D eigenvalue weighted by Gasteiger charge is 2.10. The predicted octanol–water partition coefficient (Wildman–Crippen LogP) is 4.11. The molecular weight excluding hydrogens is 431 g/mol. The molecule has 2 rings (SSSR count). The predicted molar refractivity (Wildman–Crippen MR) is 103 cm³/mol. The maximum Gasteiger partial charge on any atom is 0.191 e. The van der Waals surface area contributed by atoms with Crippen LogP contribution in [-0.2, 0) is 6.42 Å². The number of hydrogen-bond donors (Lipinski definition) is 2. The third kappa shape index (κ3) is 5.72. The summed E-state index contributed by atoms with van der Waals surface area (Å²) in [6, 6.07) is 8.41. The monoisotopic (exact) mass is 451 g/mol. The Labute approximate surface area is 156 Å². The second-order valence-corrected chi connectivity index (χ2v) is 5.82. The minimum Gasteiger partial charge on any atom is -0.356 e. The van der Waals surface area contributed by atoms with Gasteiger partial charge < -0.3 is 10.6 Å². The van der Waals surface area contributed by atoms with E-state index in [0.717, 1.165) is 6.07 Å². The zero-order valence-corrected chi connectivity index (χ0v) is 16.1. The molecule has 23 heavy (non-hydrogen) atoms. The molecule has 0 spiro atoms. The Hall–Kier alpha value is -1.22. The summed E-state index contributed by atoms with van der Waals surface area (Å²) in [7, 11) is 1.68. The fraction of sp³-hybridized carbons (Fsp3) is 0.312. The molecule has 1 unspecified atom stereocenters. The molecule has 0 fully saturated rings. The number of guanidine groups is 1. The molecule has 2 aromatic rings. The molecule has 1 aromatic carbocycles. The highest BCUT2D eigenvalue weighted by Crippen LogP contribution is 2.17. The van der Waals surface area contributed by atoms with E-state index in [1.165, 1.54) is 10.9 Å². The number of aliphatic imine (C=N–C) groups is 1.